The number of benzene rings is 1. The van der Waals surface area contributed by atoms with E-state index in [0.29, 0.717) is 29.0 Å². The summed E-state index contributed by atoms with van der Waals surface area (Å²) in [5.41, 5.74) is 3.28. The van der Waals surface area contributed by atoms with Gasteiger partial charge in [0.15, 0.2) is 6.61 Å². The number of likely N-dealkylation sites (N-methyl/N-ethyl adjacent to an activating group) is 1. The lowest BCUT2D eigenvalue weighted by molar-refractivity contribution is -0.120. The van der Waals surface area contributed by atoms with Crippen LogP contribution in [0.1, 0.15) is 18.0 Å². The Morgan fingerprint density at radius 2 is 2.06 bits per heavy atom. The second-order valence-electron chi connectivity index (χ2n) is 8.56. The van der Waals surface area contributed by atoms with Crippen LogP contribution in [0.3, 0.4) is 0 Å². The minimum absolute atomic E-state index is 0.0149. The number of anilines is 1. The van der Waals surface area contributed by atoms with Gasteiger partial charge in [-0.15, -0.1) is 0 Å². The van der Waals surface area contributed by atoms with Gasteiger partial charge in [-0.3, -0.25) is 14.2 Å². The summed E-state index contributed by atoms with van der Waals surface area (Å²) in [7, 11) is 1.74. The normalized spacial score (nSPS) is 22.0. The molecule has 3 aliphatic heterocycles. The number of pyridine rings is 1. The number of hydrogen-bond acceptors (Lipinski definition) is 5. The van der Waals surface area contributed by atoms with Crippen LogP contribution in [0.5, 0.6) is 5.75 Å². The lowest BCUT2D eigenvalue weighted by Crippen LogP contribution is -2.45. The van der Waals surface area contributed by atoms with Crippen molar-refractivity contribution in [3.63, 3.8) is 0 Å². The van der Waals surface area contributed by atoms with E-state index < -0.39 is 0 Å². The smallest absolute Gasteiger partial charge is 0.264 e. The number of rotatable bonds is 2. The fourth-order valence-electron chi connectivity index (χ4n) is 5.09. The maximum Gasteiger partial charge on any atom is 0.264 e. The third-order valence-corrected chi connectivity index (χ3v) is 6.70. The lowest BCUT2D eigenvalue weighted by atomic mass is 9.84. The quantitative estimate of drug-likeness (QED) is 0.687. The monoisotopic (exact) mass is 417 g/mol. The molecule has 0 radical (unpaired) electrons. The molecular weight excluding hydrogens is 394 g/mol. The van der Waals surface area contributed by atoms with Gasteiger partial charge in [0.1, 0.15) is 11.6 Å². The van der Waals surface area contributed by atoms with Crippen molar-refractivity contribution >= 4 is 11.6 Å². The van der Waals surface area contributed by atoms with Crippen molar-refractivity contribution in [3.05, 3.63) is 58.8 Å². The standard InChI is InChI=1S/C23H23N5O3/c1-26-19-4-2-16(9-20(19)31-13-21(26)29)27-7-6-25-22(27)17-3-5-18-15-8-14(10-24-11-15)12-28(18)23(17)30/h2-7,9,14-15,24H,8,10-13H2,1H3/t14-,15+/m0/s1. The Balaban J connectivity index is 1.43. The van der Waals surface area contributed by atoms with Gasteiger partial charge in [-0.25, -0.2) is 4.98 Å². The molecule has 0 unspecified atom stereocenters. The number of amides is 1. The van der Waals surface area contributed by atoms with E-state index in [4.69, 9.17) is 4.74 Å². The van der Waals surface area contributed by atoms with Crippen LogP contribution < -0.4 is 20.5 Å². The number of piperidine rings is 1. The molecule has 158 valence electrons. The first-order valence-electron chi connectivity index (χ1n) is 10.6. The highest BCUT2D eigenvalue weighted by atomic mass is 16.5. The van der Waals surface area contributed by atoms with Crippen LogP contribution in [0.4, 0.5) is 5.69 Å². The van der Waals surface area contributed by atoms with Crippen LogP contribution in [0.25, 0.3) is 17.1 Å². The number of hydrogen-bond donors (Lipinski definition) is 1. The Hall–Kier alpha value is -3.39. The Morgan fingerprint density at radius 1 is 1.16 bits per heavy atom. The third-order valence-electron chi connectivity index (χ3n) is 6.70. The highest BCUT2D eigenvalue weighted by Gasteiger charge is 2.32. The molecule has 3 aliphatic rings. The Kier molecular flexibility index (Phi) is 4.04. The van der Waals surface area contributed by atoms with Gasteiger partial charge in [-0.05, 0) is 43.1 Å². The van der Waals surface area contributed by atoms with Crippen molar-refractivity contribution < 1.29 is 9.53 Å². The highest BCUT2D eigenvalue weighted by Crippen LogP contribution is 2.35. The van der Waals surface area contributed by atoms with Crippen molar-refractivity contribution in [2.45, 2.75) is 18.9 Å². The van der Waals surface area contributed by atoms with Gasteiger partial charge in [0, 0.05) is 50.2 Å². The van der Waals surface area contributed by atoms with Crippen LogP contribution in [0.15, 0.2) is 47.5 Å². The molecule has 2 atom stereocenters. The molecule has 3 aromatic rings. The minimum atomic E-state index is -0.0781. The summed E-state index contributed by atoms with van der Waals surface area (Å²) in [6.45, 7) is 2.66. The minimum Gasteiger partial charge on any atom is -0.481 e. The molecule has 1 aromatic carbocycles. The van der Waals surface area contributed by atoms with Crippen molar-refractivity contribution in [1.82, 2.24) is 19.4 Å². The zero-order chi connectivity index (χ0) is 21.1. The zero-order valence-electron chi connectivity index (χ0n) is 17.2. The second kappa shape index (κ2) is 6.81. The number of nitrogens with one attached hydrogen (secondary N) is 1. The van der Waals surface area contributed by atoms with Crippen LogP contribution in [0, 0.1) is 5.92 Å². The predicted octanol–water partition coefficient (Wildman–Crippen LogP) is 1.76. The molecule has 5 heterocycles. The summed E-state index contributed by atoms with van der Waals surface area (Å²) >= 11 is 0. The average Bonchev–Trinajstić information content (AvgIpc) is 3.27. The summed E-state index contributed by atoms with van der Waals surface area (Å²) in [6.07, 6.45) is 4.69. The number of ether oxygens (including phenoxy) is 1. The van der Waals surface area contributed by atoms with E-state index >= 15 is 0 Å². The van der Waals surface area contributed by atoms with Crippen LogP contribution >= 0.6 is 0 Å². The van der Waals surface area contributed by atoms with Crippen molar-refractivity contribution in [1.29, 1.82) is 0 Å². The molecule has 2 bridgehead atoms. The molecule has 31 heavy (non-hydrogen) atoms. The fraction of sp³-hybridized carbons (Fsp3) is 0.348. The van der Waals surface area contributed by atoms with Crippen molar-refractivity contribution in [2.24, 2.45) is 5.92 Å². The Morgan fingerprint density at radius 3 is 2.97 bits per heavy atom. The van der Waals surface area contributed by atoms with Crippen LogP contribution in [-0.4, -0.2) is 46.8 Å². The molecule has 8 nitrogen and oxygen atoms in total. The van der Waals surface area contributed by atoms with E-state index in [1.54, 1.807) is 18.1 Å². The summed E-state index contributed by atoms with van der Waals surface area (Å²) in [6, 6.07) is 9.65. The average molecular weight is 417 g/mol. The van der Waals surface area contributed by atoms with Crippen molar-refractivity contribution in [3.8, 4) is 22.8 Å². The van der Waals surface area contributed by atoms with E-state index in [9.17, 15) is 9.59 Å². The molecular formula is C23H23N5O3. The van der Waals surface area contributed by atoms with Gasteiger partial charge >= 0.3 is 0 Å². The zero-order valence-corrected chi connectivity index (χ0v) is 17.2. The maximum absolute atomic E-state index is 13.5. The molecule has 1 fully saturated rings. The largest absolute Gasteiger partial charge is 0.481 e. The molecule has 0 aliphatic carbocycles. The number of aromatic nitrogens is 3. The summed E-state index contributed by atoms with van der Waals surface area (Å²) in [4.78, 5) is 31.5. The summed E-state index contributed by atoms with van der Waals surface area (Å²) in [5, 5.41) is 3.48. The van der Waals surface area contributed by atoms with Crippen LogP contribution in [0.2, 0.25) is 0 Å². The van der Waals surface area contributed by atoms with E-state index in [0.717, 1.165) is 43.1 Å². The number of fused-ring (bicyclic) bond motifs is 5. The molecule has 2 aromatic heterocycles. The topological polar surface area (TPSA) is 81.4 Å². The number of carbonyl (C=O) groups excluding carboxylic acids is 1. The fourth-order valence-corrected chi connectivity index (χ4v) is 5.09. The van der Waals surface area contributed by atoms with Crippen molar-refractivity contribution in [2.75, 3.05) is 31.6 Å². The Labute approximate surface area is 179 Å². The van der Waals surface area contributed by atoms with Gasteiger partial charge in [0.05, 0.1) is 16.9 Å². The SMILES string of the molecule is CN1C(=O)COc2cc(-n3ccnc3-c3ccc4n(c3=O)C[C@@H]3CNC[C@H]4C3)ccc21. The highest BCUT2D eigenvalue weighted by molar-refractivity contribution is 5.97. The van der Waals surface area contributed by atoms with Gasteiger partial charge < -0.3 is 19.5 Å². The number of imidazole rings is 1. The molecule has 0 spiro atoms. The lowest BCUT2D eigenvalue weighted by Gasteiger charge is -2.37. The van der Waals surface area contributed by atoms with E-state index in [1.165, 1.54) is 0 Å². The number of nitrogens with zero attached hydrogens (tertiary/aromatic N) is 4. The van der Waals surface area contributed by atoms with E-state index in [-0.39, 0.29) is 18.1 Å². The first-order valence-corrected chi connectivity index (χ1v) is 10.6. The van der Waals surface area contributed by atoms with Crippen LogP contribution in [-0.2, 0) is 11.3 Å². The molecule has 6 rings (SSSR count). The van der Waals surface area contributed by atoms with E-state index in [2.05, 4.69) is 16.4 Å². The van der Waals surface area contributed by atoms with E-state index in [1.807, 2.05) is 39.6 Å². The van der Waals surface area contributed by atoms with Gasteiger partial charge in [0.25, 0.3) is 11.5 Å². The third kappa shape index (κ3) is 2.82. The molecule has 0 saturated carbocycles. The van der Waals surface area contributed by atoms with Gasteiger partial charge in [0.2, 0.25) is 0 Å². The number of carbonyl (C=O) groups is 1. The molecule has 8 heteroatoms. The predicted molar refractivity (Wildman–Crippen MR) is 116 cm³/mol. The van der Waals surface area contributed by atoms with Gasteiger partial charge in [-0.2, -0.15) is 0 Å². The van der Waals surface area contributed by atoms with Gasteiger partial charge in [-0.1, -0.05) is 0 Å². The second-order valence-corrected chi connectivity index (χ2v) is 8.56. The molecule has 1 N–H and O–H groups in total. The summed E-state index contributed by atoms with van der Waals surface area (Å²) < 4.78 is 9.48. The molecule has 1 saturated heterocycles. The molecule has 1 amide bonds. The summed E-state index contributed by atoms with van der Waals surface area (Å²) in [5.74, 6) is 2.06. The maximum atomic E-state index is 13.5. The first kappa shape index (κ1) is 18.4. The Bertz CT molecular complexity index is 1260. The first-order chi connectivity index (χ1) is 15.1.